The molecule has 4 nitrogen and oxygen atoms in total. The molecule has 1 aromatic carbocycles. The van der Waals surface area contributed by atoms with Gasteiger partial charge in [0.25, 0.3) is 5.91 Å². The molecule has 0 aliphatic carbocycles. The molecule has 2 rings (SSSR count). The van der Waals surface area contributed by atoms with Crippen molar-refractivity contribution in [3.8, 4) is 0 Å². The summed E-state index contributed by atoms with van der Waals surface area (Å²) in [6.45, 7) is 0.641. The molecule has 1 fully saturated rings. The summed E-state index contributed by atoms with van der Waals surface area (Å²) >= 11 is 9.83. The number of alkyl halides is 2. The van der Waals surface area contributed by atoms with Gasteiger partial charge in [-0.15, -0.1) is 0 Å². The monoisotopic (exact) mass is 580 g/mol. The van der Waals surface area contributed by atoms with Crippen LogP contribution >= 0.6 is 43.3 Å². The van der Waals surface area contributed by atoms with E-state index in [4.69, 9.17) is 23.2 Å². The molecular formula is C23H35AsCl2N2O2S2. The van der Waals surface area contributed by atoms with Crippen LogP contribution in [0.15, 0.2) is 24.3 Å². The zero-order valence-corrected chi connectivity index (χ0v) is 23.6. The Labute approximate surface area is 214 Å². The molecule has 2 amide bonds. The van der Waals surface area contributed by atoms with Gasteiger partial charge in [-0.1, -0.05) is 29.6 Å². The van der Waals surface area contributed by atoms with Crippen LogP contribution in [0.1, 0.15) is 70.6 Å². The second kappa shape index (κ2) is 17.4. The molecule has 1 saturated heterocycles. The van der Waals surface area contributed by atoms with Crippen LogP contribution in [0.3, 0.4) is 0 Å². The van der Waals surface area contributed by atoms with Crippen molar-refractivity contribution < 1.29 is 9.59 Å². The maximum atomic E-state index is 12.4. The standard InChI is InChI=1S/C23H35AsCl2N2O2S2/c25-22(26)23(30)27-16-11-7-5-3-1-2-4-6-8-15-21(29)28-20-14-10-9-13-19(20)24-31-17-12-18-32-24/h9-10,13-14,22H,1-8,11-12,15-18H2,(H,27,30)(H,28,29). The number of carbonyl (C=O) groups excluding carboxylic acids is 2. The summed E-state index contributed by atoms with van der Waals surface area (Å²) in [5, 5.41) is 5.90. The van der Waals surface area contributed by atoms with Crippen LogP contribution in [0.5, 0.6) is 0 Å². The Bertz CT molecular complexity index is 692. The van der Waals surface area contributed by atoms with Gasteiger partial charge in [0.15, 0.2) is 4.84 Å². The number of carbonyl (C=O) groups is 2. The molecule has 0 atom stereocenters. The van der Waals surface area contributed by atoms with Crippen molar-refractivity contribution >= 4 is 77.4 Å². The van der Waals surface area contributed by atoms with Gasteiger partial charge in [-0.05, 0) is 6.42 Å². The molecule has 0 spiro atoms. The fourth-order valence-corrected chi connectivity index (χ4v) is 17.2. The number of hydrogen-bond donors (Lipinski definition) is 2. The summed E-state index contributed by atoms with van der Waals surface area (Å²) in [5.41, 5.74) is 1.05. The minimum atomic E-state index is -1.14. The number of nitrogens with one attached hydrogen (secondary N) is 2. The third kappa shape index (κ3) is 11.9. The van der Waals surface area contributed by atoms with Crippen molar-refractivity contribution in [1.82, 2.24) is 5.32 Å². The summed E-state index contributed by atoms with van der Waals surface area (Å²) < 4.78 is 1.40. The van der Waals surface area contributed by atoms with E-state index in [1.54, 1.807) is 0 Å². The second-order valence-corrected chi connectivity index (χ2v) is 20.6. The predicted octanol–water partition coefficient (Wildman–Crippen LogP) is 6.01. The number of amides is 2. The second-order valence-electron chi connectivity index (χ2n) is 7.87. The van der Waals surface area contributed by atoms with Crippen molar-refractivity contribution in [3.63, 3.8) is 0 Å². The van der Waals surface area contributed by atoms with E-state index in [0.29, 0.717) is 13.0 Å². The molecule has 9 heteroatoms. The quantitative estimate of drug-likeness (QED) is 0.151. The topological polar surface area (TPSA) is 58.2 Å². The first kappa shape index (κ1) is 28.2. The fourth-order valence-electron chi connectivity index (χ4n) is 3.42. The van der Waals surface area contributed by atoms with Crippen molar-refractivity contribution in [3.05, 3.63) is 24.3 Å². The molecule has 0 saturated carbocycles. The molecule has 1 heterocycles. The van der Waals surface area contributed by atoms with Gasteiger partial charge in [0.2, 0.25) is 0 Å². The van der Waals surface area contributed by atoms with E-state index in [0.717, 1.165) is 31.4 Å². The molecule has 1 aliphatic rings. The average Bonchev–Trinajstić information content (AvgIpc) is 2.80. The maximum absolute atomic E-state index is 12.4. The molecule has 32 heavy (non-hydrogen) atoms. The summed E-state index contributed by atoms with van der Waals surface area (Å²) in [4.78, 5) is 22.7. The third-order valence-electron chi connectivity index (χ3n) is 5.16. The van der Waals surface area contributed by atoms with Gasteiger partial charge in [-0.25, -0.2) is 0 Å². The number of anilines is 1. The van der Waals surface area contributed by atoms with E-state index in [9.17, 15) is 9.59 Å². The average molecular weight is 582 g/mol. The zero-order valence-electron chi connectivity index (χ0n) is 18.6. The van der Waals surface area contributed by atoms with E-state index in [2.05, 4.69) is 48.9 Å². The number of hydrogen-bond acceptors (Lipinski definition) is 4. The van der Waals surface area contributed by atoms with E-state index in [-0.39, 0.29) is 11.8 Å². The Morgan fingerprint density at radius 1 is 0.906 bits per heavy atom. The van der Waals surface area contributed by atoms with Crippen LogP contribution in [0.4, 0.5) is 5.69 Å². The van der Waals surface area contributed by atoms with Crippen molar-refractivity contribution in [2.45, 2.75) is 75.5 Å². The Morgan fingerprint density at radius 2 is 1.50 bits per heavy atom. The third-order valence-corrected chi connectivity index (χ3v) is 19.2. The van der Waals surface area contributed by atoms with E-state index >= 15 is 0 Å². The predicted molar refractivity (Wildman–Crippen MR) is 145 cm³/mol. The van der Waals surface area contributed by atoms with Crippen LogP contribution in [0, 0.1) is 0 Å². The van der Waals surface area contributed by atoms with Crippen LogP contribution in [-0.2, 0) is 9.59 Å². The van der Waals surface area contributed by atoms with Crippen LogP contribution in [-0.4, -0.2) is 47.0 Å². The van der Waals surface area contributed by atoms with Gasteiger partial charge >= 0.3 is 152 Å². The minimum absolute atomic E-state index is 0.153. The van der Waals surface area contributed by atoms with Gasteiger partial charge in [0.1, 0.15) is 0 Å². The first-order chi connectivity index (χ1) is 15.6. The van der Waals surface area contributed by atoms with E-state index in [1.165, 1.54) is 54.4 Å². The van der Waals surface area contributed by atoms with Crippen LogP contribution < -0.4 is 15.0 Å². The van der Waals surface area contributed by atoms with Gasteiger partial charge in [-0.3, -0.25) is 4.79 Å². The first-order valence-corrected chi connectivity index (χ1v) is 19.9. The normalized spacial score (nSPS) is 14.5. The fraction of sp³-hybridized carbons (Fsp3) is 0.652. The SMILES string of the molecule is O=C(CCCCCCCCCCCNC(=O)C(Cl)Cl)Nc1ccccc1[As]1SCCCS1. The summed E-state index contributed by atoms with van der Waals surface area (Å²) in [6.07, 6.45) is 12.1. The Hall–Kier alpha value is -0.00156. The molecule has 0 bridgehead atoms. The Kier molecular flexibility index (Phi) is 15.4. The van der Waals surface area contributed by atoms with Crippen molar-refractivity contribution in [1.29, 1.82) is 0 Å². The van der Waals surface area contributed by atoms with Crippen LogP contribution in [0.2, 0.25) is 0 Å². The molecule has 0 aromatic heterocycles. The molecule has 0 radical (unpaired) electrons. The van der Waals surface area contributed by atoms with Crippen molar-refractivity contribution in [2.75, 3.05) is 23.4 Å². The number of rotatable bonds is 15. The summed E-state index contributed by atoms with van der Waals surface area (Å²) in [5.74, 6) is 2.36. The zero-order chi connectivity index (χ0) is 23.0. The molecule has 2 N–H and O–H groups in total. The molecular weight excluding hydrogens is 546 g/mol. The Morgan fingerprint density at radius 3 is 2.16 bits per heavy atom. The number of unbranched alkanes of at least 4 members (excludes halogenated alkanes) is 8. The molecule has 1 aliphatic heterocycles. The van der Waals surface area contributed by atoms with E-state index in [1.807, 2.05) is 6.07 Å². The molecule has 1 aromatic rings. The van der Waals surface area contributed by atoms with Gasteiger partial charge in [0, 0.05) is 6.54 Å². The van der Waals surface area contributed by atoms with Gasteiger partial charge in [-0.2, -0.15) is 0 Å². The molecule has 180 valence electrons. The summed E-state index contributed by atoms with van der Waals surface area (Å²) in [6, 6.07) is 8.41. The van der Waals surface area contributed by atoms with E-state index < -0.39 is 17.2 Å². The molecule has 0 unspecified atom stereocenters. The van der Waals surface area contributed by atoms with Gasteiger partial charge < -0.3 is 5.32 Å². The Balaban J connectivity index is 1.47. The van der Waals surface area contributed by atoms with Crippen molar-refractivity contribution in [2.24, 2.45) is 0 Å². The number of benzene rings is 1. The van der Waals surface area contributed by atoms with Gasteiger partial charge in [0.05, 0.1) is 0 Å². The summed E-state index contributed by atoms with van der Waals surface area (Å²) in [7, 11) is 4.25. The number of para-hydroxylation sites is 1. The van der Waals surface area contributed by atoms with Crippen LogP contribution in [0.25, 0.3) is 0 Å². The first-order valence-electron chi connectivity index (χ1n) is 11.6. The number of halogens is 2.